The second-order valence-corrected chi connectivity index (χ2v) is 4.56. The molecule has 0 aliphatic carbocycles. The van der Waals surface area contributed by atoms with Gasteiger partial charge in [0.05, 0.1) is 6.54 Å². The molecule has 0 fully saturated rings. The summed E-state index contributed by atoms with van der Waals surface area (Å²) in [6.45, 7) is 2.45. The summed E-state index contributed by atoms with van der Waals surface area (Å²) < 4.78 is 0. The van der Waals surface area contributed by atoms with Gasteiger partial charge in [0.15, 0.2) is 0 Å². The topological polar surface area (TPSA) is 70.2 Å². The maximum atomic E-state index is 12.0. The van der Waals surface area contributed by atoms with Gasteiger partial charge in [-0.05, 0) is 31.4 Å². The molecular formula is C14H19N3O2. The molecule has 19 heavy (non-hydrogen) atoms. The molecule has 1 aliphatic heterocycles. The number of benzene rings is 1. The average molecular weight is 261 g/mol. The molecule has 1 aromatic rings. The van der Waals surface area contributed by atoms with Crippen molar-refractivity contribution < 1.29 is 9.59 Å². The monoisotopic (exact) mass is 261 g/mol. The van der Waals surface area contributed by atoms with Crippen molar-refractivity contribution in [2.24, 2.45) is 0 Å². The maximum Gasteiger partial charge on any atom is 0.242 e. The van der Waals surface area contributed by atoms with Gasteiger partial charge in [-0.25, -0.2) is 0 Å². The molecular weight excluding hydrogens is 242 g/mol. The maximum absolute atomic E-state index is 12.0. The third-order valence-electron chi connectivity index (χ3n) is 3.16. The van der Waals surface area contributed by atoms with Crippen LogP contribution in [0.1, 0.15) is 18.9 Å². The Morgan fingerprint density at radius 2 is 2.11 bits per heavy atom. The van der Waals surface area contributed by atoms with Crippen LogP contribution in [0.3, 0.4) is 0 Å². The molecule has 1 heterocycles. The normalized spacial score (nSPS) is 17.0. The van der Waals surface area contributed by atoms with Gasteiger partial charge in [-0.2, -0.15) is 0 Å². The van der Waals surface area contributed by atoms with Gasteiger partial charge >= 0.3 is 0 Å². The number of carbonyl (C=O) groups excluding carboxylic acids is 2. The minimum atomic E-state index is -0.260. The standard InChI is InChI=1S/C14H19N3O2/c1-2-15-13(18)9-16-14(19)12-8-7-10-5-3-4-6-11(10)17-12/h3-6,12,17H,2,7-9H2,1H3,(H,15,18)(H,16,19). The van der Waals surface area contributed by atoms with E-state index >= 15 is 0 Å². The lowest BCUT2D eigenvalue weighted by Crippen LogP contribution is -2.45. The van der Waals surface area contributed by atoms with E-state index in [1.54, 1.807) is 0 Å². The highest BCUT2D eigenvalue weighted by molar-refractivity contribution is 5.89. The Balaban J connectivity index is 1.87. The minimum Gasteiger partial charge on any atom is -0.373 e. The number of hydrogen-bond acceptors (Lipinski definition) is 3. The first-order chi connectivity index (χ1) is 9.20. The fourth-order valence-corrected chi connectivity index (χ4v) is 2.19. The lowest BCUT2D eigenvalue weighted by Gasteiger charge is -2.26. The number of rotatable bonds is 4. The zero-order valence-electron chi connectivity index (χ0n) is 11.0. The molecule has 2 rings (SSSR count). The summed E-state index contributed by atoms with van der Waals surface area (Å²) >= 11 is 0. The first kappa shape index (κ1) is 13.4. The number of likely N-dealkylation sites (N-methyl/N-ethyl adjacent to an activating group) is 1. The molecule has 1 atom stereocenters. The first-order valence-corrected chi connectivity index (χ1v) is 6.59. The van der Waals surface area contributed by atoms with E-state index in [4.69, 9.17) is 0 Å². The number of aryl methyl sites for hydroxylation is 1. The van der Waals surface area contributed by atoms with Crippen molar-refractivity contribution in [3.05, 3.63) is 29.8 Å². The molecule has 0 saturated carbocycles. The fourth-order valence-electron chi connectivity index (χ4n) is 2.19. The van der Waals surface area contributed by atoms with Gasteiger partial charge in [0, 0.05) is 12.2 Å². The highest BCUT2D eigenvalue weighted by atomic mass is 16.2. The van der Waals surface area contributed by atoms with Crippen LogP contribution in [0.15, 0.2) is 24.3 Å². The summed E-state index contributed by atoms with van der Waals surface area (Å²) in [7, 11) is 0. The minimum absolute atomic E-state index is 0.0342. The summed E-state index contributed by atoms with van der Waals surface area (Å²) in [6, 6.07) is 7.71. The summed E-state index contributed by atoms with van der Waals surface area (Å²) in [5.41, 5.74) is 2.24. The van der Waals surface area contributed by atoms with Crippen LogP contribution in [0.2, 0.25) is 0 Å². The third-order valence-corrected chi connectivity index (χ3v) is 3.16. The quantitative estimate of drug-likeness (QED) is 0.746. The number of hydrogen-bond donors (Lipinski definition) is 3. The van der Waals surface area contributed by atoms with Crippen LogP contribution in [0, 0.1) is 0 Å². The van der Waals surface area contributed by atoms with E-state index in [0.717, 1.165) is 18.5 Å². The van der Waals surface area contributed by atoms with E-state index < -0.39 is 0 Å². The Kier molecular flexibility index (Phi) is 4.39. The van der Waals surface area contributed by atoms with E-state index in [2.05, 4.69) is 22.0 Å². The molecule has 5 heteroatoms. The van der Waals surface area contributed by atoms with Crippen molar-refractivity contribution in [2.45, 2.75) is 25.8 Å². The molecule has 5 nitrogen and oxygen atoms in total. The molecule has 0 bridgehead atoms. The Bertz CT molecular complexity index is 474. The highest BCUT2D eigenvalue weighted by Gasteiger charge is 2.23. The number of anilines is 1. The number of amides is 2. The second kappa shape index (κ2) is 6.22. The molecule has 1 aromatic carbocycles. The molecule has 1 aliphatic rings. The predicted molar refractivity (Wildman–Crippen MR) is 73.9 cm³/mol. The summed E-state index contributed by atoms with van der Waals surface area (Å²) in [5, 5.41) is 8.51. The predicted octanol–water partition coefficient (Wildman–Crippen LogP) is 0.666. The van der Waals surface area contributed by atoms with Crippen molar-refractivity contribution in [1.29, 1.82) is 0 Å². The van der Waals surface area contributed by atoms with Crippen molar-refractivity contribution in [2.75, 3.05) is 18.4 Å². The van der Waals surface area contributed by atoms with Gasteiger partial charge in [0.25, 0.3) is 0 Å². The zero-order chi connectivity index (χ0) is 13.7. The molecule has 0 radical (unpaired) electrons. The number of para-hydroxylation sites is 1. The molecule has 102 valence electrons. The van der Waals surface area contributed by atoms with Crippen LogP contribution >= 0.6 is 0 Å². The Morgan fingerprint density at radius 1 is 1.32 bits per heavy atom. The van der Waals surface area contributed by atoms with Gasteiger partial charge in [-0.3, -0.25) is 9.59 Å². The van der Waals surface area contributed by atoms with Gasteiger partial charge in [-0.15, -0.1) is 0 Å². The van der Waals surface area contributed by atoms with Crippen LogP contribution in [-0.2, 0) is 16.0 Å². The first-order valence-electron chi connectivity index (χ1n) is 6.59. The SMILES string of the molecule is CCNC(=O)CNC(=O)C1CCc2ccccc2N1. The van der Waals surface area contributed by atoms with Gasteiger partial charge in [0.2, 0.25) is 11.8 Å². The number of nitrogens with one attached hydrogen (secondary N) is 3. The van der Waals surface area contributed by atoms with Gasteiger partial charge in [0.1, 0.15) is 6.04 Å². The van der Waals surface area contributed by atoms with Crippen LogP contribution in [0.5, 0.6) is 0 Å². The Hall–Kier alpha value is -2.04. The van der Waals surface area contributed by atoms with Gasteiger partial charge < -0.3 is 16.0 Å². The van der Waals surface area contributed by atoms with Crippen molar-refractivity contribution in [3.8, 4) is 0 Å². The average Bonchev–Trinajstić information content (AvgIpc) is 2.44. The van der Waals surface area contributed by atoms with Crippen LogP contribution in [0.25, 0.3) is 0 Å². The number of fused-ring (bicyclic) bond motifs is 1. The third kappa shape index (κ3) is 3.47. The molecule has 2 amide bonds. The number of carbonyl (C=O) groups is 2. The van der Waals surface area contributed by atoms with E-state index in [1.807, 2.05) is 25.1 Å². The van der Waals surface area contributed by atoms with Crippen molar-refractivity contribution >= 4 is 17.5 Å². The van der Waals surface area contributed by atoms with Crippen molar-refractivity contribution in [1.82, 2.24) is 10.6 Å². The molecule has 3 N–H and O–H groups in total. The smallest absolute Gasteiger partial charge is 0.242 e. The van der Waals surface area contributed by atoms with Gasteiger partial charge in [-0.1, -0.05) is 18.2 Å². The summed E-state index contributed by atoms with van der Waals surface area (Å²) in [6.07, 6.45) is 1.63. The Morgan fingerprint density at radius 3 is 2.89 bits per heavy atom. The molecule has 1 unspecified atom stereocenters. The summed E-state index contributed by atoms with van der Waals surface area (Å²) in [4.78, 5) is 23.2. The van der Waals surface area contributed by atoms with E-state index in [1.165, 1.54) is 5.56 Å². The van der Waals surface area contributed by atoms with E-state index in [9.17, 15) is 9.59 Å². The van der Waals surface area contributed by atoms with Crippen LogP contribution in [-0.4, -0.2) is 30.9 Å². The lowest BCUT2D eigenvalue weighted by molar-refractivity contribution is -0.126. The summed E-state index contributed by atoms with van der Waals surface area (Å²) in [5.74, 6) is -0.284. The second-order valence-electron chi connectivity index (χ2n) is 4.56. The largest absolute Gasteiger partial charge is 0.373 e. The van der Waals surface area contributed by atoms with E-state index in [0.29, 0.717) is 6.54 Å². The lowest BCUT2D eigenvalue weighted by atomic mass is 9.98. The van der Waals surface area contributed by atoms with Crippen molar-refractivity contribution in [3.63, 3.8) is 0 Å². The fraction of sp³-hybridized carbons (Fsp3) is 0.429. The molecule has 0 aromatic heterocycles. The molecule has 0 spiro atoms. The van der Waals surface area contributed by atoms with Crippen LogP contribution < -0.4 is 16.0 Å². The van der Waals surface area contributed by atoms with Crippen LogP contribution in [0.4, 0.5) is 5.69 Å². The highest BCUT2D eigenvalue weighted by Crippen LogP contribution is 2.24. The van der Waals surface area contributed by atoms with E-state index in [-0.39, 0.29) is 24.4 Å². The zero-order valence-corrected chi connectivity index (χ0v) is 11.0. The Labute approximate surface area is 112 Å². The molecule has 0 saturated heterocycles.